The minimum Gasteiger partial charge on any atom is -0.389 e. The van der Waals surface area contributed by atoms with Crippen LogP contribution in [0.3, 0.4) is 0 Å². The Morgan fingerprint density at radius 2 is 2.12 bits per heavy atom. The van der Waals surface area contributed by atoms with Crippen molar-refractivity contribution in [1.29, 1.82) is 0 Å². The quantitative estimate of drug-likeness (QED) is 0.890. The van der Waals surface area contributed by atoms with Gasteiger partial charge in [-0.2, -0.15) is 0 Å². The van der Waals surface area contributed by atoms with Crippen LogP contribution < -0.4 is 5.32 Å². The number of nitrogens with zero attached hydrogens (tertiary/aromatic N) is 1. The van der Waals surface area contributed by atoms with Crippen LogP contribution >= 0.6 is 0 Å². The average molecular weight is 334 g/mol. The minimum absolute atomic E-state index is 0.0109. The van der Waals surface area contributed by atoms with Gasteiger partial charge in [-0.25, -0.2) is 4.39 Å². The zero-order valence-corrected chi connectivity index (χ0v) is 14.4. The van der Waals surface area contributed by atoms with Crippen molar-refractivity contribution in [2.75, 3.05) is 19.6 Å². The standard InChI is InChI=1S/C19H27FN2O2/c1-14-17-11-16(20)6-5-15(17)7-10-22(14)18(23)12-21-13-19(24)8-3-2-4-9-19/h5-6,11,14,21,24H,2-4,7-10,12-13H2,1H3. The van der Waals surface area contributed by atoms with E-state index in [-0.39, 0.29) is 24.3 Å². The van der Waals surface area contributed by atoms with E-state index in [1.54, 1.807) is 4.90 Å². The van der Waals surface area contributed by atoms with Gasteiger partial charge in [0.25, 0.3) is 0 Å². The largest absolute Gasteiger partial charge is 0.389 e. The molecule has 0 saturated heterocycles. The van der Waals surface area contributed by atoms with Crippen LogP contribution in [0, 0.1) is 5.82 Å². The Kier molecular flexibility index (Phi) is 5.21. The SMILES string of the molecule is CC1c2cc(F)ccc2CCN1C(=O)CNCC1(O)CCCCC1. The first-order valence-corrected chi connectivity index (χ1v) is 8.99. The summed E-state index contributed by atoms with van der Waals surface area (Å²) >= 11 is 0. The normalized spacial score (nSPS) is 23.0. The zero-order valence-electron chi connectivity index (χ0n) is 14.4. The van der Waals surface area contributed by atoms with Crippen LogP contribution in [-0.2, 0) is 11.2 Å². The van der Waals surface area contributed by atoms with E-state index in [0.29, 0.717) is 13.1 Å². The third kappa shape index (κ3) is 3.78. The number of fused-ring (bicyclic) bond motifs is 1. The molecule has 1 saturated carbocycles. The van der Waals surface area contributed by atoms with Gasteiger partial charge in [-0.1, -0.05) is 25.3 Å². The molecule has 1 aromatic carbocycles. The second-order valence-electron chi connectivity index (χ2n) is 7.24. The molecule has 0 radical (unpaired) electrons. The van der Waals surface area contributed by atoms with Crippen molar-refractivity contribution in [3.05, 3.63) is 35.1 Å². The molecule has 2 aliphatic rings. The van der Waals surface area contributed by atoms with E-state index < -0.39 is 5.60 Å². The third-order valence-corrected chi connectivity index (χ3v) is 5.48. The Hall–Kier alpha value is -1.46. The van der Waals surface area contributed by atoms with E-state index in [4.69, 9.17) is 0 Å². The molecule has 0 bridgehead atoms. The van der Waals surface area contributed by atoms with Crippen LogP contribution in [0.4, 0.5) is 4.39 Å². The molecule has 1 aliphatic heterocycles. The van der Waals surface area contributed by atoms with Gasteiger partial charge in [0, 0.05) is 13.1 Å². The van der Waals surface area contributed by atoms with E-state index in [1.165, 1.54) is 18.6 Å². The maximum absolute atomic E-state index is 13.5. The Labute approximate surface area is 143 Å². The Morgan fingerprint density at radius 1 is 1.38 bits per heavy atom. The molecule has 2 N–H and O–H groups in total. The van der Waals surface area contributed by atoms with Crippen LogP contribution in [0.15, 0.2) is 18.2 Å². The Morgan fingerprint density at radius 3 is 2.88 bits per heavy atom. The van der Waals surface area contributed by atoms with Crippen molar-refractivity contribution in [3.8, 4) is 0 Å². The van der Waals surface area contributed by atoms with E-state index in [9.17, 15) is 14.3 Å². The van der Waals surface area contributed by atoms with Crippen molar-refractivity contribution >= 4 is 5.91 Å². The summed E-state index contributed by atoms with van der Waals surface area (Å²) in [5, 5.41) is 13.6. The predicted molar refractivity (Wildman–Crippen MR) is 91.1 cm³/mol. The number of hydrogen-bond acceptors (Lipinski definition) is 3. The fourth-order valence-corrected chi connectivity index (χ4v) is 4.02. The van der Waals surface area contributed by atoms with Crippen molar-refractivity contribution < 1.29 is 14.3 Å². The Bertz CT molecular complexity index is 599. The summed E-state index contributed by atoms with van der Waals surface area (Å²) in [4.78, 5) is 14.3. The number of carbonyl (C=O) groups excluding carboxylic acids is 1. The van der Waals surface area contributed by atoms with Gasteiger partial charge in [0.2, 0.25) is 5.91 Å². The topological polar surface area (TPSA) is 52.6 Å². The molecule has 1 atom stereocenters. The lowest BCUT2D eigenvalue weighted by Gasteiger charge is -2.36. The van der Waals surface area contributed by atoms with Crippen molar-refractivity contribution in [2.24, 2.45) is 0 Å². The number of amides is 1. The molecule has 1 fully saturated rings. The maximum atomic E-state index is 13.5. The van der Waals surface area contributed by atoms with Gasteiger partial charge in [-0.3, -0.25) is 4.79 Å². The molecule has 3 rings (SSSR count). The van der Waals surface area contributed by atoms with Gasteiger partial charge < -0.3 is 15.3 Å². The highest BCUT2D eigenvalue weighted by molar-refractivity contribution is 5.79. The summed E-state index contributed by atoms with van der Waals surface area (Å²) in [5.41, 5.74) is 1.36. The van der Waals surface area contributed by atoms with Crippen LogP contribution in [-0.4, -0.2) is 41.1 Å². The lowest BCUT2D eigenvalue weighted by molar-refractivity contribution is -0.133. The second kappa shape index (κ2) is 7.19. The van der Waals surface area contributed by atoms with Crippen LogP contribution in [0.25, 0.3) is 0 Å². The molecular formula is C19H27FN2O2. The molecule has 1 heterocycles. The first-order valence-electron chi connectivity index (χ1n) is 8.99. The van der Waals surface area contributed by atoms with Gasteiger partial charge in [0.05, 0.1) is 18.2 Å². The van der Waals surface area contributed by atoms with Crippen molar-refractivity contribution in [1.82, 2.24) is 10.2 Å². The molecular weight excluding hydrogens is 307 g/mol. The predicted octanol–water partition coefficient (Wildman–Crippen LogP) is 2.56. The Balaban J connectivity index is 1.56. The highest BCUT2D eigenvalue weighted by Gasteiger charge is 2.30. The van der Waals surface area contributed by atoms with E-state index >= 15 is 0 Å². The fourth-order valence-electron chi connectivity index (χ4n) is 4.02. The first kappa shape index (κ1) is 17.4. The molecule has 1 unspecified atom stereocenters. The number of benzene rings is 1. The molecule has 0 aromatic heterocycles. The molecule has 1 aliphatic carbocycles. The minimum atomic E-state index is -0.665. The van der Waals surface area contributed by atoms with Gasteiger partial charge >= 0.3 is 0 Å². The summed E-state index contributed by atoms with van der Waals surface area (Å²) in [6.45, 7) is 3.29. The number of halogens is 1. The van der Waals surface area contributed by atoms with Gasteiger partial charge in [0.15, 0.2) is 0 Å². The highest BCUT2D eigenvalue weighted by atomic mass is 19.1. The lowest BCUT2D eigenvalue weighted by atomic mass is 9.85. The summed E-state index contributed by atoms with van der Waals surface area (Å²) in [5.74, 6) is -0.246. The molecule has 4 nitrogen and oxygen atoms in total. The number of hydrogen-bond donors (Lipinski definition) is 2. The summed E-state index contributed by atoms with van der Waals surface area (Å²) in [6.07, 6.45) is 5.66. The number of carbonyl (C=O) groups is 1. The first-order chi connectivity index (χ1) is 11.5. The molecule has 24 heavy (non-hydrogen) atoms. The van der Waals surface area contributed by atoms with Gasteiger partial charge in [-0.05, 0) is 49.4 Å². The van der Waals surface area contributed by atoms with Crippen molar-refractivity contribution in [2.45, 2.75) is 57.1 Å². The number of aliphatic hydroxyl groups is 1. The molecule has 1 amide bonds. The van der Waals surface area contributed by atoms with Crippen LogP contribution in [0.1, 0.15) is 56.2 Å². The molecule has 1 aromatic rings. The maximum Gasteiger partial charge on any atom is 0.237 e. The highest BCUT2D eigenvalue weighted by Crippen LogP contribution is 2.30. The van der Waals surface area contributed by atoms with Crippen LogP contribution in [0.5, 0.6) is 0 Å². The number of nitrogens with one attached hydrogen (secondary N) is 1. The fraction of sp³-hybridized carbons (Fsp3) is 0.632. The average Bonchev–Trinajstić information content (AvgIpc) is 2.56. The lowest BCUT2D eigenvalue weighted by Crippen LogP contribution is -2.47. The van der Waals surface area contributed by atoms with E-state index in [1.807, 2.05) is 13.0 Å². The van der Waals surface area contributed by atoms with Crippen molar-refractivity contribution in [3.63, 3.8) is 0 Å². The van der Waals surface area contributed by atoms with Crippen LogP contribution in [0.2, 0.25) is 0 Å². The molecule has 0 spiro atoms. The van der Waals surface area contributed by atoms with Gasteiger partial charge in [-0.15, -0.1) is 0 Å². The molecule has 5 heteroatoms. The van der Waals surface area contributed by atoms with E-state index in [0.717, 1.165) is 43.2 Å². The smallest absolute Gasteiger partial charge is 0.237 e. The second-order valence-corrected chi connectivity index (χ2v) is 7.24. The summed E-state index contributed by atoms with van der Waals surface area (Å²) < 4.78 is 13.5. The summed E-state index contributed by atoms with van der Waals surface area (Å²) in [7, 11) is 0. The third-order valence-electron chi connectivity index (χ3n) is 5.48. The summed E-state index contributed by atoms with van der Waals surface area (Å²) in [6, 6.07) is 4.73. The zero-order chi connectivity index (χ0) is 17.2. The monoisotopic (exact) mass is 334 g/mol. The van der Waals surface area contributed by atoms with Gasteiger partial charge in [0.1, 0.15) is 5.82 Å². The van der Waals surface area contributed by atoms with E-state index in [2.05, 4.69) is 5.32 Å². The molecule has 132 valence electrons. The number of rotatable bonds is 4.